The van der Waals surface area contributed by atoms with Crippen molar-refractivity contribution in [2.75, 3.05) is 20.6 Å². The molecule has 0 aliphatic heterocycles. The molecule has 0 aromatic heterocycles. The Morgan fingerprint density at radius 1 is 1.29 bits per heavy atom. The average molecular weight is 296 g/mol. The minimum absolute atomic E-state index is 0.154. The summed E-state index contributed by atoms with van der Waals surface area (Å²) in [5, 5.41) is 3.25. The summed E-state index contributed by atoms with van der Waals surface area (Å²) >= 11 is 0. The number of likely N-dealkylation sites (N-methyl/N-ethyl adjacent to an activating group) is 1. The lowest BCUT2D eigenvalue weighted by Gasteiger charge is -2.19. The summed E-state index contributed by atoms with van der Waals surface area (Å²) in [6.07, 6.45) is -0.640. The van der Waals surface area contributed by atoms with E-state index in [9.17, 15) is 9.18 Å². The molecule has 0 bridgehead atoms. The molecule has 0 spiro atoms. The highest BCUT2D eigenvalue weighted by molar-refractivity contribution is 5.80. The number of carbonyl (C=O) groups excluding carboxylic acids is 1. The predicted octanol–water partition coefficient (Wildman–Crippen LogP) is 2.43. The molecule has 1 atom stereocenters. The average Bonchev–Trinajstić information content (AvgIpc) is 2.36. The molecule has 0 aliphatic carbocycles. The second kappa shape index (κ2) is 7.98. The van der Waals surface area contributed by atoms with Gasteiger partial charge < -0.3 is 15.0 Å². The molecule has 4 nitrogen and oxygen atoms in total. The normalized spacial score (nSPS) is 12.3. The van der Waals surface area contributed by atoms with Crippen LogP contribution in [-0.4, -0.2) is 37.6 Å². The number of hydrogen-bond donors (Lipinski definition) is 1. The summed E-state index contributed by atoms with van der Waals surface area (Å²) in [6, 6.07) is 4.53. The second-order valence-electron chi connectivity index (χ2n) is 5.81. The maximum absolute atomic E-state index is 13.6. The molecular weight excluding hydrogens is 271 g/mol. The summed E-state index contributed by atoms with van der Waals surface area (Å²) in [5.41, 5.74) is 0.801. The number of nitrogens with one attached hydrogen (secondary N) is 1. The fourth-order valence-corrected chi connectivity index (χ4v) is 1.91. The van der Waals surface area contributed by atoms with Gasteiger partial charge in [0.2, 0.25) is 0 Å². The number of ether oxygens (including phenoxy) is 1. The Hall–Kier alpha value is -1.62. The van der Waals surface area contributed by atoms with Crippen molar-refractivity contribution in [2.24, 2.45) is 5.92 Å². The Morgan fingerprint density at radius 2 is 1.95 bits per heavy atom. The Labute approximate surface area is 126 Å². The number of benzene rings is 1. The topological polar surface area (TPSA) is 41.6 Å². The van der Waals surface area contributed by atoms with Crippen molar-refractivity contribution in [3.05, 3.63) is 29.6 Å². The largest absolute Gasteiger partial charge is 0.481 e. The third-order valence-corrected chi connectivity index (χ3v) is 2.91. The predicted molar refractivity (Wildman–Crippen MR) is 81.7 cm³/mol. The van der Waals surface area contributed by atoms with Gasteiger partial charge in [-0.3, -0.25) is 4.79 Å². The van der Waals surface area contributed by atoms with E-state index in [2.05, 4.69) is 19.2 Å². The molecular formula is C16H25FN2O2. The molecule has 1 rings (SSSR count). The van der Waals surface area contributed by atoms with E-state index < -0.39 is 6.10 Å². The van der Waals surface area contributed by atoms with Crippen molar-refractivity contribution >= 4 is 5.91 Å². The Balaban J connectivity index is 2.70. The molecule has 0 saturated carbocycles. The molecule has 0 aliphatic rings. The van der Waals surface area contributed by atoms with Crippen molar-refractivity contribution in [3.63, 3.8) is 0 Å². The second-order valence-corrected chi connectivity index (χ2v) is 5.81. The van der Waals surface area contributed by atoms with E-state index in [0.717, 1.165) is 12.1 Å². The SMILES string of the molecule is CC(C)CNCc1cc(F)cc(OC(C)C(=O)N(C)C)c1. The number of carbonyl (C=O) groups is 1. The molecule has 5 heteroatoms. The number of amides is 1. The number of nitrogens with zero attached hydrogens (tertiary/aromatic N) is 1. The van der Waals surface area contributed by atoms with Gasteiger partial charge >= 0.3 is 0 Å². The van der Waals surface area contributed by atoms with Gasteiger partial charge in [0, 0.05) is 26.7 Å². The van der Waals surface area contributed by atoms with E-state index in [1.807, 2.05) is 0 Å². The van der Waals surface area contributed by atoms with Crippen molar-refractivity contribution < 1.29 is 13.9 Å². The van der Waals surface area contributed by atoms with E-state index in [0.29, 0.717) is 18.2 Å². The highest BCUT2D eigenvalue weighted by atomic mass is 19.1. The molecule has 1 N–H and O–H groups in total. The van der Waals surface area contributed by atoms with Gasteiger partial charge in [-0.2, -0.15) is 0 Å². The third-order valence-electron chi connectivity index (χ3n) is 2.91. The van der Waals surface area contributed by atoms with Crippen LogP contribution in [0.15, 0.2) is 18.2 Å². The van der Waals surface area contributed by atoms with E-state index >= 15 is 0 Å². The van der Waals surface area contributed by atoms with Gasteiger partial charge in [-0.05, 0) is 37.1 Å². The number of halogens is 1. The molecule has 1 aromatic rings. The quantitative estimate of drug-likeness (QED) is 0.840. The van der Waals surface area contributed by atoms with Crippen LogP contribution >= 0.6 is 0 Å². The molecule has 0 fully saturated rings. The molecule has 0 saturated heterocycles. The molecule has 1 aromatic carbocycles. The monoisotopic (exact) mass is 296 g/mol. The van der Waals surface area contributed by atoms with Gasteiger partial charge in [-0.15, -0.1) is 0 Å². The summed E-state index contributed by atoms with van der Waals surface area (Å²) in [6.45, 7) is 7.32. The van der Waals surface area contributed by atoms with E-state index in [4.69, 9.17) is 4.74 Å². The van der Waals surface area contributed by atoms with Crippen molar-refractivity contribution in [2.45, 2.75) is 33.4 Å². The van der Waals surface area contributed by atoms with Gasteiger partial charge in [-0.25, -0.2) is 4.39 Å². The highest BCUT2D eigenvalue weighted by Crippen LogP contribution is 2.18. The van der Waals surface area contributed by atoms with E-state index in [1.54, 1.807) is 27.1 Å². The van der Waals surface area contributed by atoms with Gasteiger partial charge in [0.15, 0.2) is 6.10 Å². The maximum atomic E-state index is 13.6. The van der Waals surface area contributed by atoms with Gasteiger partial charge in [-0.1, -0.05) is 13.8 Å². The lowest BCUT2D eigenvalue weighted by atomic mass is 10.2. The number of hydrogen-bond acceptors (Lipinski definition) is 3. The van der Waals surface area contributed by atoms with Crippen LogP contribution in [0.3, 0.4) is 0 Å². The standard InChI is InChI=1S/C16H25FN2O2/c1-11(2)9-18-10-13-6-14(17)8-15(7-13)21-12(3)16(20)19(4)5/h6-8,11-12,18H,9-10H2,1-5H3. The minimum Gasteiger partial charge on any atom is -0.481 e. The molecule has 118 valence electrons. The van der Waals surface area contributed by atoms with Crippen LogP contribution in [0.4, 0.5) is 4.39 Å². The highest BCUT2D eigenvalue weighted by Gasteiger charge is 2.17. The van der Waals surface area contributed by atoms with Crippen molar-refractivity contribution in [1.82, 2.24) is 10.2 Å². The van der Waals surface area contributed by atoms with Crippen LogP contribution in [-0.2, 0) is 11.3 Å². The van der Waals surface area contributed by atoms with Gasteiger partial charge in [0.1, 0.15) is 11.6 Å². The summed E-state index contributed by atoms with van der Waals surface area (Å²) in [7, 11) is 3.32. The lowest BCUT2D eigenvalue weighted by molar-refractivity contribution is -0.135. The first-order valence-electron chi connectivity index (χ1n) is 7.17. The van der Waals surface area contributed by atoms with Crippen molar-refractivity contribution in [1.29, 1.82) is 0 Å². The Bertz CT molecular complexity index is 475. The molecule has 1 amide bonds. The zero-order valence-electron chi connectivity index (χ0n) is 13.4. The fraction of sp³-hybridized carbons (Fsp3) is 0.562. The zero-order chi connectivity index (χ0) is 16.0. The summed E-state index contributed by atoms with van der Waals surface area (Å²) < 4.78 is 19.1. The molecule has 21 heavy (non-hydrogen) atoms. The smallest absolute Gasteiger partial charge is 0.262 e. The first-order chi connectivity index (χ1) is 9.79. The number of rotatable bonds is 7. The van der Waals surface area contributed by atoms with Crippen LogP contribution in [0, 0.1) is 11.7 Å². The van der Waals surface area contributed by atoms with E-state index in [1.165, 1.54) is 17.0 Å². The summed E-state index contributed by atoms with van der Waals surface area (Å²) in [4.78, 5) is 13.2. The molecule has 0 heterocycles. The van der Waals surface area contributed by atoms with Crippen LogP contribution in [0.2, 0.25) is 0 Å². The fourth-order valence-electron chi connectivity index (χ4n) is 1.91. The van der Waals surface area contributed by atoms with Gasteiger partial charge in [0.05, 0.1) is 0 Å². The van der Waals surface area contributed by atoms with Gasteiger partial charge in [0.25, 0.3) is 5.91 Å². The first kappa shape index (κ1) is 17.4. The third kappa shape index (κ3) is 6.12. The van der Waals surface area contributed by atoms with Crippen LogP contribution in [0.1, 0.15) is 26.3 Å². The maximum Gasteiger partial charge on any atom is 0.262 e. The van der Waals surface area contributed by atoms with Crippen LogP contribution < -0.4 is 10.1 Å². The van der Waals surface area contributed by atoms with E-state index in [-0.39, 0.29) is 11.7 Å². The zero-order valence-corrected chi connectivity index (χ0v) is 13.4. The molecule has 1 unspecified atom stereocenters. The molecule has 0 radical (unpaired) electrons. The minimum atomic E-state index is -0.640. The summed E-state index contributed by atoms with van der Waals surface area (Å²) in [5.74, 6) is 0.392. The van der Waals surface area contributed by atoms with Crippen LogP contribution in [0.25, 0.3) is 0 Å². The first-order valence-corrected chi connectivity index (χ1v) is 7.17. The van der Waals surface area contributed by atoms with Crippen LogP contribution in [0.5, 0.6) is 5.75 Å². The van der Waals surface area contributed by atoms with Crippen molar-refractivity contribution in [3.8, 4) is 5.75 Å². The Morgan fingerprint density at radius 3 is 2.52 bits per heavy atom. The Kier molecular flexibility index (Phi) is 6.62. The lowest BCUT2D eigenvalue weighted by Crippen LogP contribution is -2.35.